The van der Waals surface area contributed by atoms with E-state index < -0.39 is 6.04 Å². The molecule has 0 fully saturated rings. The fraction of sp³-hybridized carbons (Fsp3) is 0.353. The Morgan fingerprint density at radius 1 is 1.23 bits per heavy atom. The van der Waals surface area contributed by atoms with Crippen LogP contribution in [-0.2, 0) is 11.2 Å². The highest BCUT2D eigenvalue weighted by atomic mass is 16.2. The lowest BCUT2D eigenvalue weighted by molar-refractivity contribution is -0.121. The predicted octanol–water partition coefficient (Wildman–Crippen LogP) is 2.09. The first-order valence-electron chi connectivity index (χ1n) is 7.53. The smallest absolute Gasteiger partial charge is 0.267 e. The van der Waals surface area contributed by atoms with Gasteiger partial charge in [-0.05, 0) is 44.4 Å². The van der Waals surface area contributed by atoms with Crippen LogP contribution < -0.4 is 10.5 Å². The van der Waals surface area contributed by atoms with Crippen molar-refractivity contribution in [1.29, 1.82) is 0 Å². The lowest BCUT2D eigenvalue weighted by Crippen LogP contribution is -2.42. The van der Waals surface area contributed by atoms with E-state index in [0.717, 1.165) is 24.2 Å². The van der Waals surface area contributed by atoms with Gasteiger partial charge in [-0.3, -0.25) is 9.59 Å². The number of hydrogen-bond acceptors (Lipinski definition) is 3. The van der Waals surface area contributed by atoms with E-state index in [0.29, 0.717) is 6.54 Å². The van der Waals surface area contributed by atoms with Gasteiger partial charge in [-0.1, -0.05) is 18.2 Å². The van der Waals surface area contributed by atoms with Gasteiger partial charge in [-0.15, -0.1) is 0 Å². The number of carbonyl (C=O) groups excluding carboxylic acids is 1. The molecule has 22 heavy (non-hydrogen) atoms. The van der Waals surface area contributed by atoms with Crippen LogP contribution in [0.5, 0.6) is 0 Å². The van der Waals surface area contributed by atoms with Crippen LogP contribution in [0.3, 0.4) is 0 Å². The Morgan fingerprint density at radius 2 is 2.00 bits per heavy atom. The number of para-hydroxylation sites is 1. The van der Waals surface area contributed by atoms with E-state index in [9.17, 15) is 9.59 Å². The fourth-order valence-corrected chi connectivity index (χ4v) is 2.89. The highest BCUT2D eigenvalue weighted by molar-refractivity contribution is 5.96. The van der Waals surface area contributed by atoms with Crippen molar-refractivity contribution in [3.8, 4) is 0 Å². The second-order valence-electron chi connectivity index (χ2n) is 5.66. The zero-order chi connectivity index (χ0) is 15.7. The Labute approximate surface area is 129 Å². The molecule has 0 bridgehead atoms. The predicted molar refractivity (Wildman–Crippen MR) is 85.1 cm³/mol. The largest absolute Gasteiger partial charge is 0.310 e. The van der Waals surface area contributed by atoms with Gasteiger partial charge in [0, 0.05) is 18.3 Å². The van der Waals surface area contributed by atoms with Crippen LogP contribution in [0.25, 0.3) is 0 Å². The zero-order valence-corrected chi connectivity index (χ0v) is 12.8. The third kappa shape index (κ3) is 2.54. The molecule has 0 aliphatic carbocycles. The number of aromatic nitrogens is 2. The van der Waals surface area contributed by atoms with Gasteiger partial charge < -0.3 is 4.90 Å². The Morgan fingerprint density at radius 3 is 2.82 bits per heavy atom. The van der Waals surface area contributed by atoms with Crippen molar-refractivity contribution in [3.63, 3.8) is 0 Å². The fourth-order valence-electron chi connectivity index (χ4n) is 2.89. The molecule has 0 radical (unpaired) electrons. The molecule has 0 N–H and O–H groups in total. The standard InChI is InChI=1S/C17H19N3O2/c1-12-9-10-16(21)20(18-12)13(2)17(22)19-11-5-7-14-6-3-4-8-15(14)19/h3-4,6,8-10,13H,5,7,11H2,1-2H3. The van der Waals surface area contributed by atoms with Gasteiger partial charge in [0.15, 0.2) is 0 Å². The number of carbonyl (C=O) groups is 1. The Kier molecular flexibility index (Phi) is 3.79. The maximum atomic E-state index is 12.9. The first kappa shape index (κ1) is 14.5. The summed E-state index contributed by atoms with van der Waals surface area (Å²) in [5.74, 6) is -0.0904. The van der Waals surface area contributed by atoms with Crippen molar-refractivity contribution in [2.75, 3.05) is 11.4 Å². The van der Waals surface area contributed by atoms with E-state index >= 15 is 0 Å². The van der Waals surface area contributed by atoms with Gasteiger partial charge in [0.25, 0.3) is 11.5 Å². The molecule has 2 aromatic rings. The molecular formula is C17H19N3O2. The molecule has 0 saturated carbocycles. The third-order valence-electron chi connectivity index (χ3n) is 4.06. The molecule has 2 heterocycles. The van der Waals surface area contributed by atoms with Gasteiger partial charge in [-0.2, -0.15) is 5.10 Å². The number of nitrogens with zero attached hydrogens (tertiary/aromatic N) is 3. The topological polar surface area (TPSA) is 55.2 Å². The second-order valence-corrected chi connectivity index (χ2v) is 5.66. The SMILES string of the molecule is Cc1ccc(=O)n(C(C)C(=O)N2CCCc3ccccc32)n1. The molecule has 5 heteroatoms. The summed E-state index contributed by atoms with van der Waals surface area (Å²) in [5, 5.41) is 4.20. The minimum atomic E-state index is -0.612. The summed E-state index contributed by atoms with van der Waals surface area (Å²) in [5.41, 5.74) is 2.60. The van der Waals surface area contributed by atoms with Crippen molar-refractivity contribution in [1.82, 2.24) is 9.78 Å². The lowest BCUT2D eigenvalue weighted by atomic mass is 10.0. The van der Waals surface area contributed by atoms with Crippen molar-refractivity contribution in [3.05, 3.63) is 58.0 Å². The van der Waals surface area contributed by atoms with E-state index in [-0.39, 0.29) is 11.5 Å². The Bertz CT molecular complexity index is 766. The van der Waals surface area contributed by atoms with Crippen LogP contribution in [0.2, 0.25) is 0 Å². The molecule has 0 saturated heterocycles. The van der Waals surface area contributed by atoms with E-state index in [1.165, 1.54) is 16.3 Å². The van der Waals surface area contributed by atoms with Crippen LogP contribution in [0, 0.1) is 6.92 Å². The summed E-state index contributed by atoms with van der Waals surface area (Å²) in [4.78, 5) is 26.6. The van der Waals surface area contributed by atoms with Crippen molar-refractivity contribution in [2.24, 2.45) is 0 Å². The lowest BCUT2D eigenvalue weighted by Gasteiger charge is -2.31. The maximum absolute atomic E-state index is 12.9. The summed E-state index contributed by atoms with van der Waals surface area (Å²) < 4.78 is 1.27. The van der Waals surface area contributed by atoms with E-state index in [1.807, 2.05) is 25.1 Å². The highest BCUT2D eigenvalue weighted by Gasteiger charge is 2.28. The molecule has 1 amide bonds. The zero-order valence-electron chi connectivity index (χ0n) is 12.8. The summed E-state index contributed by atoms with van der Waals surface area (Å²) in [6.45, 7) is 4.22. The third-order valence-corrected chi connectivity index (χ3v) is 4.06. The minimum Gasteiger partial charge on any atom is -0.310 e. The number of hydrogen-bond donors (Lipinski definition) is 0. The summed E-state index contributed by atoms with van der Waals surface area (Å²) in [6, 6.07) is 10.4. The molecule has 3 rings (SSSR count). The molecule has 114 valence electrons. The first-order chi connectivity index (χ1) is 10.6. The van der Waals surface area contributed by atoms with Crippen molar-refractivity contribution in [2.45, 2.75) is 32.7 Å². The first-order valence-corrected chi connectivity index (χ1v) is 7.53. The van der Waals surface area contributed by atoms with Crippen LogP contribution in [-0.4, -0.2) is 22.2 Å². The van der Waals surface area contributed by atoms with E-state index in [4.69, 9.17) is 0 Å². The Hall–Kier alpha value is -2.43. The minimum absolute atomic E-state index is 0.0904. The molecular weight excluding hydrogens is 278 g/mol. The molecule has 1 aliphatic rings. The number of anilines is 1. The second kappa shape index (κ2) is 5.75. The number of rotatable bonds is 2. The van der Waals surface area contributed by atoms with E-state index in [1.54, 1.807) is 17.9 Å². The van der Waals surface area contributed by atoms with Crippen LogP contribution >= 0.6 is 0 Å². The number of fused-ring (bicyclic) bond motifs is 1. The highest BCUT2D eigenvalue weighted by Crippen LogP contribution is 2.28. The van der Waals surface area contributed by atoms with Gasteiger partial charge >= 0.3 is 0 Å². The molecule has 1 aromatic carbocycles. The summed E-state index contributed by atoms with van der Waals surface area (Å²) in [6.07, 6.45) is 1.92. The molecule has 1 unspecified atom stereocenters. The van der Waals surface area contributed by atoms with Crippen molar-refractivity contribution >= 4 is 11.6 Å². The van der Waals surface area contributed by atoms with Crippen LogP contribution in [0.1, 0.15) is 30.6 Å². The summed E-state index contributed by atoms with van der Waals surface area (Å²) >= 11 is 0. The average molecular weight is 297 g/mol. The molecule has 1 aliphatic heterocycles. The number of aryl methyl sites for hydroxylation is 2. The average Bonchev–Trinajstić information content (AvgIpc) is 2.55. The van der Waals surface area contributed by atoms with Crippen LogP contribution in [0.4, 0.5) is 5.69 Å². The molecule has 1 atom stereocenters. The quantitative estimate of drug-likeness (QED) is 0.853. The van der Waals surface area contributed by atoms with Crippen molar-refractivity contribution < 1.29 is 4.79 Å². The molecule has 1 aromatic heterocycles. The number of benzene rings is 1. The monoisotopic (exact) mass is 297 g/mol. The number of amides is 1. The van der Waals surface area contributed by atoms with Gasteiger partial charge in [0.1, 0.15) is 6.04 Å². The van der Waals surface area contributed by atoms with Gasteiger partial charge in [0.2, 0.25) is 0 Å². The molecule has 5 nitrogen and oxygen atoms in total. The van der Waals surface area contributed by atoms with Gasteiger partial charge in [-0.25, -0.2) is 4.68 Å². The Balaban J connectivity index is 1.95. The van der Waals surface area contributed by atoms with E-state index in [2.05, 4.69) is 11.2 Å². The summed E-state index contributed by atoms with van der Waals surface area (Å²) in [7, 11) is 0. The normalized spacial score (nSPS) is 15.3. The maximum Gasteiger partial charge on any atom is 0.267 e. The van der Waals surface area contributed by atoms with Crippen LogP contribution in [0.15, 0.2) is 41.2 Å². The van der Waals surface area contributed by atoms with Gasteiger partial charge in [0.05, 0.1) is 5.69 Å². The molecule has 0 spiro atoms.